The van der Waals surface area contributed by atoms with Crippen molar-refractivity contribution in [3.8, 4) is 0 Å². The van der Waals surface area contributed by atoms with Crippen LogP contribution in [-0.4, -0.2) is 41.6 Å². The Balaban J connectivity index is 1.76. The molecular weight excluding hydrogens is 256 g/mol. The maximum absolute atomic E-state index is 12.1. The van der Waals surface area contributed by atoms with Gasteiger partial charge in [0.1, 0.15) is 0 Å². The molecule has 5 nitrogen and oxygen atoms in total. The summed E-state index contributed by atoms with van der Waals surface area (Å²) in [5, 5.41) is 11.4. The Hall–Kier alpha value is -1.26. The number of urea groups is 1. The number of nitrogens with one attached hydrogen (secondary N) is 1. The van der Waals surface area contributed by atoms with Crippen LogP contribution in [0, 0.1) is 5.41 Å². The Morgan fingerprint density at radius 3 is 2.50 bits per heavy atom. The zero-order valence-corrected chi connectivity index (χ0v) is 12.2. The number of carboxylic acids is 1. The van der Waals surface area contributed by atoms with Gasteiger partial charge in [0.05, 0.1) is 0 Å². The summed E-state index contributed by atoms with van der Waals surface area (Å²) in [5.74, 6) is -0.807. The van der Waals surface area contributed by atoms with Gasteiger partial charge in [0.2, 0.25) is 0 Å². The quantitative estimate of drug-likeness (QED) is 0.779. The van der Waals surface area contributed by atoms with Gasteiger partial charge in [0, 0.05) is 26.1 Å². The van der Waals surface area contributed by atoms with Crippen molar-refractivity contribution in [3.63, 3.8) is 0 Å². The van der Waals surface area contributed by atoms with Crippen LogP contribution in [0.3, 0.4) is 0 Å². The van der Waals surface area contributed by atoms with Crippen molar-refractivity contribution in [1.82, 2.24) is 10.2 Å². The first kappa shape index (κ1) is 15.1. The van der Waals surface area contributed by atoms with Crippen LogP contribution < -0.4 is 5.32 Å². The lowest BCUT2D eigenvalue weighted by Gasteiger charge is -2.45. The Morgan fingerprint density at radius 2 is 1.80 bits per heavy atom. The number of rotatable bonds is 4. The molecule has 2 amide bonds. The molecule has 1 aliphatic carbocycles. The van der Waals surface area contributed by atoms with Gasteiger partial charge in [-0.15, -0.1) is 0 Å². The van der Waals surface area contributed by atoms with E-state index in [0.717, 1.165) is 19.5 Å². The summed E-state index contributed by atoms with van der Waals surface area (Å²) in [6.45, 7) is 2.18. The van der Waals surface area contributed by atoms with E-state index < -0.39 is 5.97 Å². The topological polar surface area (TPSA) is 69.6 Å². The van der Waals surface area contributed by atoms with E-state index in [-0.39, 0.29) is 12.5 Å². The molecule has 5 heteroatoms. The highest BCUT2D eigenvalue weighted by atomic mass is 16.4. The van der Waals surface area contributed by atoms with Crippen molar-refractivity contribution in [3.05, 3.63) is 0 Å². The zero-order chi connectivity index (χ0) is 14.4. The van der Waals surface area contributed by atoms with E-state index in [1.165, 1.54) is 38.5 Å². The van der Waals surface area contributed by atoms with Gasteiger partial charge in [-0.25, -0.2) is 4.79 Å². The first-order valence-corrected chi connectivity index (χ1v) is 7.86. The minimum Gasteiger partial charge on any atom is -0.481 e. The lowest BCUT2D eigenvalue weighted by atomic mass is 9.69. The molecule has 1 spiro atoms. The van der Waals surface area contributed by atoms with Gasteiger partial charge in [-0.1, -0.05) is 19.3 Å². The summed E-state index contributed by atoms with van der Waals surface area (Å²) in [4.78, 5) is 24.5. The fourth-order valence-electron chi connectivity index (χ4n) is 3.64. The molecule has 1 saturated carbocycles. The maximum atomic E-state index is 12.1. The first-order valence-electron chi connectivity index (χ1n) is 7.86. The molecule has 114 valence electrons. The molecule has 20 heavy (non-hydrogen) atoms. The van der Waals surface area contributed by atoms with Crippen LogP contribution in [0.2, 0.25) is 0 Å². The van der Waals surface area contributed by atoms with Crippen molar-refractivity contribution < 1.29 is 14.7 Å². The third-order valence-corrected chi connectivity index (χ3v) is 4.71. The number of carboxylic acid groups (broad SMARTS) is 1. The van der Waals surface area contributed by atoms with Crippen LogP contribution >= 0.6 is 0 Å². The van der Waals surface area contributed by atoms with E-state index >= 15 is 0 Å². The number of hydrogen-bond acceptors (Lipinski definition) is 2. The van der Waals surface area contributed by atoms with Gasteiger partial charge in [-0.2, -0.15) is 0 Å². The molecule has 0 unspecified atom stereocenters. The molecular formula is C15H26N2O3. The molecule has 1 saturated heterocycles. The number of carbonyl (C=O) groups is 2. The SMILES string of the molecule is O=C(O)CCCNC(=O)N1CCCC2(CCCCC2)C1. The monoisotopic (exact) mass is 282 g/mol. The summed E-state index contributed by atoms with van der Waals surface area (Å²) in [5.41, 5.74) is 0.370. The van der Waals surface area contributed by atoms with Gasteiger partial charge < -0.3 is 15.3 Å². The standard InChI is InChI=1S/C15H26N2O3/c18-13(19)6-4-10-16-14(20)17-11-5-9-15(12-17)7-2-1-3-8-15/h1-12H2,(H,16,20)(H,18,19). The number of carbonyl (C=O) groups excluding carboxylic acids is 1. The Kier molecular flexibility index (Phi) is 5.26. The molecule has 0 aromatic carbocycles. The van der Waals surface area contributed by atoms with Crippen LogP contribution in [0.25, 0.3) is 0 Å². The fraction of sp³-hybridized carbons (Fsp3) is 0.867. The molecule has 1 heterocycles. The van der Waals surface area contributed by atoms with Crippen LogP contribution in [0.15, 0.2) is 0 Å². The summed E-state index contributed by atoms with van der Waals surface area (Å²) in [6, 6.07) is -0.0139. The van der Waals surface area contributed by atoms with Gasteiger partial charge in [0.25, 0.3) is 0 Å². The molecule has 0 atom stereocenters. The van der Waals surface area contributed by atoms with Crippen molar-refractivity contribution >= 4 is 12.0 Å². The number of nitrogens with zero attached hydrogens (tertiary/aromatic N) is 1. The van der Waals surface area contributed by atoms with Crippen LogP contribution in [0.4, 0.5) is 4.79 Å². The van der Waals surface area contributed by atoms with Gasteiger partial charge in [0.15, 0.2) is 0 Å². The Bertz CT molecular complexity index is 346. The number of hydrogen-bond donors (Lipinski definition) is 2. The van der Waals surface area contributed by atoms with Crippen LogP contribution in [0.5, 0.6) is 0 Å². The van der Waals surface area contributed by atoms with Crippen LogP contribution in [0.1, 0.15) is 57.8 Å². The lowest BCUT2D eigenvalue weighted by molar-refractivity contribution is -0.137. The lowest BCUT2D eigenvalue weighted by Crippen LogP contribution is -2.50. The van der Waals surface area contributed by atoms with E-state index in [1.807, 2.05) is 4.90 Å². The predicted molar refractivity (Wildman–Crippen MR) is 76.6 cm³/mol. The Morgan fingerprint density at radius 1 is 1.10 bits per heavy atom. The second-order valence-corrected chi connectivity index (χ2v) is 6.31. The second-order valence-electron chi connectivity index (χ2n) is 6.31. The average Bonchev–Trinajstić information content (AvgIpc) is 2.44. The van der Waals surface area contributed by atoms with E-state index in [9.17, 15) is 9.59 Å². The highest BCUT2D eigenvalue weighted by Gasteiger charge is 2.37. The van der Waals surface area contributed by atoms with Crippen molar-refractivity contribution in [2.24, 2.45) is 5.41 Å². The van der Waals surface area contributed by atoms with E-state index in [1.54, 1.807) is 0 Å². The van der Waals surface area contributed by atoms with E-state index in [0.29, 0.717) is 18.4 Å². The zero-order valence-electron chi connectivity index (χ0n) is 12.2. The number of amides is 2. The fourth-order valence-corrected chi connectivity index (χ4v) is 3.64. The first-order chi connectivity index (χ1) is 9.61. The van der Waals surface area contributed by atoms with E-state index in [2.05, 4.69) is 5.32 Å². The smallest absolute Gasteiger partial charge is 0.317 e. The van der Waals surface area contributed by atoms with Crippen molar-refractivity contribution in [2.75, 3.05) is 19.6 Å². The summed E-state index contributed by atoms with van der Waals surface area (Å²) >= 11 is 0. The Labute approximate surface area is 120 Å². The molecule has 1 aliphatic heterocycles. The normalized spacial score (nSPS) is 21.7. The number of piperidine rings is 1. The van der Waals surface area contributed by atoms with Crippen LogP contribution in [-0.2, 0) is 4.79 Å². The van der Waals surface area contributed by atoms with Crippen molar-refractivity contribution in [1.29, 1.82) is 0 Å². The van der Waals surface area contributed by atoms with Crippen molar-refractivity contribution in [2.45, 2.75) is 57.8 Å². The molecule has 0 aromatic heterocycles. The number of likely N-dealkylation sites (tertiary alicyclic amines) is 1. The largest absolute Gasteiger partial charge is 0.481 e. The summed E-state index contributed by atoms with van der Waals surface area (Å²) < 4.78 is 0. The molecule has 2 aliphatic rings. The van der Waals surface area contributed by atoms with Gasteiger partial charge in [-0.3, -0.25) is 4.79 Å². The highest BCUT2D eigenvalue weighted by Crippen LogP contribution is 2.43. The highest BCUT2D eigenvalue weighted by molar-refractivity contribution is 5.74. The molecule has 2 N–H and O–H groups in total. The third-order valence-electron chi connectivity index (χ3n) is 4.71. The summed E-state index contributed by atoms with van der Waals surface area (Å²) in [7, 11) is 0. The molecule has 2 fully saturated rings. The van der Waals surface area contributed by atoms with E-state index in [4.69, 9.17) is 5.11 Å². The van der Waals surface area contributed by atoms with Gasteiger partial charge in [-0.05, 0) is 37.5 Å². The molecule has 0 bridgehead atoms. The minimum atomic E-state index is -0.807. The maximum Gasteiger partial charge on any atom is 0.317 e. The molecule has 0 aromatic rings. The number of aliphatic carboxylic acids is 1. The summed E-state index contributed by atoms with van der Waals surface area (Å²) in [6.07, 6.45) is 9.43. The average molecular weight is 282 g/mol. The minimum absolute atomic E-state index is 0.0139. The van der Waals surface area contributed by atoms with Gasteiger partial charge >= 0.3 is 12.0 Å². The second kappa shape index (κ2) is 6.95. The molecule has 2 rings (SSSR count). The predicted octanol–water partition coefficient (Wildman–Crippen LogP) is 2.61. The molecule has 0 radical (unpaired) electrons. The third kappa shape index (κ3) is 4.12.